The molecule has 1 aromatic carbocycles. The molecule has 2 nitrogen and oxygen atoms in total. The van der Waals surface area contributed by atoms with Gasteiger partial charge in [-0.2, -0.15) is 5.26 Å². The maximum absolute atomic E-state index is 12.9. The largest absolute Gasteiger partial charge is 0.298 e. The van der Waals surface area contributed by atoms with Gasteiger partial charge in [0.25, 0.3) is 0 Å². The Morgan fingerprint density at radius 1 is 1.67 bits per heavy atom. The Kier molecular flexibility index (Phi) is 3.81. The fourth-order valence-electron chi connectivity index (χ4n) is 1.28. The molecule has 0 saturated heterocycles. The predicted octanol–water partition coefficient (Wildman–Crippen LogP) is 2.76. The molecule has 0 aliphatic heterocycles. The van der Waals surface area contributed by atoms with Gasteiger partial charge in [0, 0.05) is 0 Å². The number of carbonyl (C=O) groups is 1. The fourth-order valence-corrected chi connectivity index (χ4v) is 1.49. The van der Waals surface area contributed by atoms with Crippen LogP contribution in [0.15, 0.2) is 18.2 Å². The summed E-state index contributed by atoms with van der Waals surface area (Å²) >= 11 is 5.85. The molecule has 0 aliphatic rings. The van der Waals surface area contributed by atoms with E-state index >= 15 is 0 Å². The maximum Gasteiger partial charge on any atom is 0.152 e. The van der Waals surface area contributed by atoms with Crippen molar-refractivity contribution in [2.45, 2.75) is 18.7 Å². The molecule has 0 spiro atoms. The molecule has 0 bridgehead atoms. The van der Waals surface area contributed by atoms with Gasteiger partial charge in [-0.3, -0.25) is 4.79 Å². The number of nitrogens with zero attached hydrogens (tertiary/aromatic N) is 1. The Morgan fingerprint density at radius 2 is 2.33 bits per heavy atom. The zero-order valence-electron chi connectivity index (χ0n) is 8.13. The van der Waals surface area contributed by atoms with E-state index in [4.69, 9.17) is 16.9 Å². The van der Waals surface area contributed by atoms with Crippen molar-refractivity contribution < 1.29 is 9.18 Å². The highest BCUT2D eigenvalue weighted by atomic mass is 35.5. The Morgan fingerprint density at radius 3 is 2.87 bits per heavy atom. The van der Waals surface area contributed by atoms with Crippen LogP contribution in [0.4, 0.5) is 4.39 Å². The zero-order chi connectivity index (χ0) is 11.4. The first kappa shape index (κ1) is 11.7. The molecule has 1 rings (SSSR count). The Bertz CT molecular complexity index is 425. The molecule has 1 atom stereocenters. The molecule has 1 unspecified atom stereocenters. The molecule has 0 N–H and O–H groups in total. The molecule has 0 radical (unpaired) electrons. The Balaban J connectivity index is 3.17. The van der Waals surface area contributed by atoms with Crippen LogP contribution in [0.2, 0.25) is 0 Å². The first-order chi connectivity index (χ1) is 7.06. The summed E-state index contributed by atoms with van der Waals surface area (Å²) in [5.74, 6) is -0.654. The lowest BCUT2D eigenvalue weighted by atomic mass is 10.00. The minimum absolute atomic E-state index is 0.0452. The van der Waals surface area contributed by atoms with E-state index in [1.807, 2.05) is 6.07 Å². The van der Waals surface area contributed by atoms with Gasteiger partial charge in [-0.25, -0.2) is 4.39 Å². The minimum Gasteiger partial charge on any atom is -0.298 e. The normalized spacial score (nSPS) is 11.9. The van der Waals surface area contributed by atoms with Gasteiger partial charge >= 0.3 is 0 Å². The van der Waals surface area contributed by atoms with Crippen LogP contribution < -0.4 is 0 Å². The monoisotopic (exact) mass is 225 g/mol. The Hall–Kier alpha value is -1.40. The van der Waals surface area contributed by atoms with Crippen LogP contribution in [0.3, 0.4) is 0 Å². The minimum atomic E-state index is -0.811. The number of nitriles is 1. The third kappa shape index (κ3) is 2.77. The number of hydrogen-bond acceptors (Lipinski definition) is 2. The molecule has 1 aromatic rings. The summed E-state index contributed by atoms with van der Waals surface area (Å²) in [5, 5.41) is 7.74. The number of Topliss-reactive ketones (excluding diaryl/α,β-unsaturated/α-hetero) is 1. The first-order valence-electron chi connectivity index (χ1n) is 4.36. The van der Waals surface area contributed by atoms with Crippen LogP contribution in [0.1, 0.15) is 23.4 Å². The van der Waals surface area contributed by atoms with Crippen LogP contribution in [-0.4, -0.2) is 5.78 Å². The molecule has 4 heteroatoms. The zero-order valence-corrected chi connectivity index (χ0v) is 8.88. The van der Waals surface area contributed by atoms with Crippen LogP contribution in [0.5, 0.6) is 0 Å². The number of halogens is 2. The number of ketones is 1. The van der Waals surface area contributed by atoms with Crippen molar-refractivity contribution in [2.75, 3.05) is 0 Å². The summed E-state index contributed by atoms with van der Waals surface area (Å²) in [7, 11) is 0. The van der Waals surface area contributed by atoms with Gasteiger partial charge in [-0.05, 0) is 30.2 Å². The van der Waals surface area contributed by atoms with Crippen molar-refractivity contribution in [2.24, 2.45) is 0 Å². The van der Waals surface area contributed by atoms with E-state index in [0.717, 1.165) is 0 Å². The summed E-state index contributed by atoms with van der Waals surface area (Å²) in [5.41, 5.74) is 0.972. The number of alkyl halides is 1. The van der Waals surface area contributed by atoms with Gasteiger partial charge in [0.05, 0.1) is 12.5 Å². The summed E-state index contributed by atoms with van der Waals surface area (Å²) in [4.78, 5) is 11.1. The van der Waals surface area contributed by atoms with Gasteiger partial charge in [0.1, 0.15) is 11.2 Å². The lowest BCUT2D eigenvalue weighted by molar-refractivity contribution is -0.116. The first-order valence-corrected chi connectivity index (χ1v) is 4.79. The summed E-state index contributed by atoms with van der Waals surface area (Å²) in [6, 6.07) is 5.82. The number of carbonyl (C=O) groups excluding carboxylic acids is 1. The fraction of sp³-hybridized carbons (Fsp3) is 0.273. The Labute approximate surface area is 92.3 Å². The lowest BCUT2D eigenvalue weighted by Crippen LogP contribution is -2.05. The number of benzene rings is 1. The molecule has 78 valence electrons. The van der Waals surface area contributed by atoms with Crippen LogP contribution in [0, 0.1) is 17.1 Å². The van der Waals surface area contributed by atoms with Gasteiger partial charge in [0.15, 0.2) is 5.78 Å². The lowest BCUT2D eigenvalue weighted by Gasteiger charge is -2.10. The molecule has 0 fully saturated rings. The van der Waals surface area contributed by atoms with Gasteiger partial charge in [0.2, 0.25) is 0 Å². The highest BCUT2D eigenvalue weighted by Gasteiger charge is 2.17. The number of hydrogen-bond donors (Lipinski definition) is 0. The van der Waals surface area contributed by atoms with E-state index in [-0.39, 0.29) is 12.2 Å². The molecule has 0 aromatic heterocycles. The molecular weight excluding hydrogens is 217 g/mol. The van der Waals surface area contributed by atoms with E-state index in [1.54, 1.807) is 0 Å². The van der Waals surface area contributed by atoms with Crippen molar-refractivity contribution in [3.05, 3.63) is 35.1 Å². The summed E-state index contributed by atoms with van der Waals surface area (Å²) < 4.78 is 12.9. The molecule has 0 aliphatic carbocycles. The van der Waals surface area contributed by atoms with Crippen molar-refractivity contribution in [1.29, 1.82) is 5.26 Å². The summed E-state index contributed by atoms with van der Waals surface area (Å²) in [6.45, 7) is 1.36. The van der Waals surface area contributed by atoms with Gasteiger partial charge in [-0.1, -0.05) is 6.07 Å². The molecule has 15 heavy (non-hydrogen) atoms. The van der Waals surface area contributed by atoms with Crippen molar-refractivity contribution >= 4 is 17.4 Å². The van der Waals surface area contributed by atoms with Gasteiger partial charge in [-0.15, -0.1) is 11.6 Å². The van der Waals surface area contributed by atoms with Crippen molar-refractivity contribution in [1.82, 2.24) is 0 Å². The van der Waals surface area contributed by atoms with Gasteiger partial charge < -0.3 is 0 Å². The molecule has 0 heterocycles. The summed E-state index contributed by atoms with van der Waals surface area (Å²) in [6.07, 6.45) is 0.0452. The smallest absolute Gasteiger partial charge is 0.152 e. The average molecular weight is 226 g/mol. The van der Waals surface area contributed by atoms with E-state index < -0.39 is 11.2 Å². The maximum atomic E-state index is 12.9. The van der Waals surface area contributed by atoms with Crippen LogP contribution in [-0.2, 0) is 11.2 Å². The highest BCUT2D eigenvalue weighted by Crippen LogP contribution is 2.25. The second-order valence-electron chi connectivity index (χ2n) is 3.15. The average Bonchev–Trinajstić information content (AvgIpc) is 2.17. The standard InChI is InChI=1S/C11H9ClFNO/c1-7(15)11(12)10-3-2-9(13)6-8(10)4-5-14/h2-3,6,11H,4H2,1H3. The molecule has 0 saturated carbocycles. The quantitative estimate of drug-likeness (QED) is 0.743. The third-order valence-corrected chi connectivity index (χ3v) is 2.55. The van der Waals surface area contributed by atoms with Crippen LogP contribution in [0.25, 0.3) is 0 Å². The van der Waals surface area contributed by atoms with Crippen molar-refractivity contribution in [3.8, 4) is 6.07 Å². The van der Waals surface area contributed by atoms with Crippen LogP contribution >= 0.6 is 11.6 Å². The molecular formula is C11H9ClFNO. The van der Waals surface area contributed by atoms with E-state index in [9.17, 15) is 9.18 Å². The second kappa shape index (κ2) is 4.90. The SMILES string of the molecule is CC(=O)C(Cl)c1ccc(F)cc1CC#N. The van der Waals surface area contributed by atoms with Crippen molar-refractivity contribution in [3.63, 3.8) is 0 Å². The third-order valence-electron chi connectivity index (χ3n) is 2.00. The van der Waals surface area contributed by atoms with E-state index in [1.165, 1.54) is 25.1 Å². The topological polar surface area (TPSA) is 40.9 Å². The van der Waals surface area contributed by atoms with E-state index in [2.05, 4.69) is 0 Å². The van der Waals surface area contributed by atoms with E-state index in [0.29, 0.717) is 11.1 Å². The number of rotatable bonds is 3. The highest BCUT2D eigenvalue weighted by molar-refractivity contribution is 6.30. The molecule has 0 amide bonds. The second-order valence-corrected chi connectivity index (χ2v) is 3.59. The predicted molar refractivity (Wildman–Crippen MR) is 55.0 cm³/mol.